The molecule has 0 saturated carbocycles. The number of amides is 1. The normalized spacial score (nSPS) is 16.8. The van der Waals surface area contributed by atoms with Crippen molar-refractivity contribution in [1.82, 2.24) is 14.5 Å². The Hall–Kier alpha value is -2.13. The third-order valence-electron chi connectivity index (χ3n) is 5.28. The van der Waals surface area contributed by atoms with Gasteiger partial charge >= 0.3 is 0 Å². The Kier molecular flexibility index (Phi) is 7.36. The molecule has 1 N–H and O–H groups in total. The second kappa shape index (κ2) is 9.78. The lowest BCUT2D eigenvalue weighted by Gasteiger charge is -2.36. The summed E-state index contributed by atoms with van der Waals surface area (Å²) in [7, 11) is -2.00. The number of rotatable bonds is 7. The van der Waals surface area contributed by atoms with Gasteiger partial charge < -0.3 is 10.1 Å². The Labute approximate surface area is 182 Å². The van der Waals surface area contributed by atoms with Crippen LogP contribution in [-0.4, -0.2) is 62.9 Å². The molecule has 2 aromatic carbocycles. The lowest BCUT2D eigenvalue weighted by molar-refractivity contribution is -0.126. The molecule has 1 heterocycles. The molecule has 162 valence electrons. The van der Waals surface area contributed by atoms with Crippen molar-refractivity contribution < 1.29 is 17.9 Å². The number of hydrogen-bond acceptors (Lipinski definition) is 5. The van der Waals surface area contributed by atoms with Crippen molar-refractivity contribution in [2.45, 2.75) is 24.4 Å². The molecule has 0 spiro atoms. The summed E-state index contributed by atoms with van der Waals surface area (Å²) < 4.78 is 32.4. The Morgan fingerprint density at radius 2 is 1.83 bits per heavy atom. The lowest BCUT2D eigenvalue weighted by atomic mass is 10.2. The average Bonchev–Trinajstić information content (AvgIpc) is 2.77. The van der Waals surface area contributed by atoms with Gasteiger partial charge in [0.25, 0.3) is 0 Å². The van der Waals surface area contributed by atoms with Crippen molar-refractivity contribution in [1.29, 1.82) is 0 Å². The maximum absolute atomic E-state index is 12.8. The molecular weight excluding hydrogens is 426 g/mol. The topological polar surface area (TPSA) is 79.0 Å². The van der Waals surface area contributed by atoms with Crippen LogP contribution < -0.4 is 10.1 Å². The number of nitrogens with one attached hydrogen (secondary N) is 1. The predicted molar refractivity (Wildman–Crippen MR) is 116 cm³/mol. The zero-order valence-electron chi connectivity index (χ0n) is 17.0. The molecule has 1 unspecified atom stereocenters. The van der Waals surface area contributed by atoms with Gasteiger partial charge in [-0.2, -0.15) is 4.31 Å². The molecule has 7 nitrogen and oxygen atoms in total. The number of carbonyl (C=O) groups excluding carboxylic acids is 1. The van der Waals surface area contributed by atoms with Crippen molar-refractivity contribution >= 4 is 27.5 Å². The highest BCUT2D eigenvalue weighted by Crippen LogP contribution is 2.21. The number of carbonyl (C=O) groups is 1. The first-order valence-electron chi connectivity index (χ1n) is 9.72. The molecule has 1 atom stereocenters. The monoisotopic (exact) mass is 451 g/mol. The maximum Gasteiger partial charge on any atom is 0.243 e. The molecule has 9 heteroatoms. The van der Waals surface area contributed by atoms with Crippen molar-refractivity contribution in [3.63, 3.8) is 0 Å². The van der Waals surface area contributed by atoms with Crippen molar-refractivity contribution in [2.24, 2.45) is 0 Å². The van der Waals surface area contributed by atoms with Crippen molar-refractivity contribution in [2.75, 3.05) is 33.3 Å². The Bertz CT molecular complexity index is 991. The summed E-state index contributed by atoms with van der Waals surface area (Å²) in [6.45, 7) is 3.79. The van der Waals surface area contributed by atoms with E-state index in [-0.39, 0.29) is 16.8 Å². The zero-order chi connectivity index (χ0) is 21.7. The summed E-state index contributed by atoms with van der Waals surface area (Å²) in [6, 6.07) is 13.4. The van der Waals surface area contributed by atoms with E-state index in [1.807, 2.05) is 36.1 Å². The van der Waals surface area contributed by atoms with Crippen LogP contribution in [0, 0.1) is 0 Å². The van der Waals surface area contributed by atoms with Crippen LogP contribution in [0.25, 0.3) is 0 Å². The van der Waals surface area contributed by atoms with Gasteiger partial charge in [0.05, 0.1) is 18.0 Å². The first-order chi connectivity index (χ1) is 14.3. The molecule has 30 heavy (non-hydrogen) atoms. The third kappa shape index (κ3) is 5.13. The van der Waals surface area contributed by atoms with Gasteiger partial charge in [0.15, 0.2) is 0 Å². The molecule has 1 saturated heterocycles. The summed E-state index contributed by atoms with van der Waals surface area (Å²) in [5.41, 5.74) is 0.901. The SMILES string of the molecule is COc1ccccc1CNC(=O)C(C)N1CCN(S(=O)(=O)c2cccc(Cl)c2)CC1. The lowest BCUT2D eigenvalue weighted by Crippen LogP contribution is -2.54. The summed E-state index contributed by atoms with van der Waals surface area (Å²) in [6.07, 6.45) is 0. The van der Waals surface area contributed by atoms with E-state index in [0.717, 1.165) is 11.3 Å². The number of hydrogen-bond donors (Lipinski definition) is 1. The van der Waals surface area contributed by atoms with Crippen LogP contribution in [0.2, 0.25) is 5.02 Å². The Morgan fingerprint density at radius 3 is 2.50 bits per heavy atom. The molecule has 0 radical (unpaired) electrons. The zero-order valence-corrected chi connectivity index (χ0v) is 18.6. The van der Waals surface area contributed by atoms with Crippen LogP contribution in [0.5, 0.6) is 5.75 Å². The Balaban J connectivity index is 1.55. The number of piperazine rings is 1. The summed E-state index contributed by atoms with van der Waals surface area (Å²) in [5, 5.41) is 3.32. The van der Waals surface area contributed by atoms with Crippen LogP contribution in [-0.2, 0) is 21.4 Å². The fraction of sp³-hybridized carbons (Fsp3) is 0.381. The number of nitrogens with zero attached hydrogens (tertiary/aromatic N) is 2. The van der Waals surface area contributed by atoms with Crippen LogP contribution in [0.4, 0.5) is 0 Å². The van der Waals surface area contributed by atoms with Crippen LogP contribution in [0.15, 0.2) is 53.4 Å². The van der Waals surface area contributed by atoms with Gasteiger partial charge in [-0.05, 0) is 31.2 Å². The van der Waals surface area contributed by atoms with Crippen molar-refractivity contribution in [3.05, 3.63) is 59.1 Å². The number of para-hydroxylation sites is 1. The predicted octanol–water partition coefficient (Wildman–Crippen LogP) is 2.36. The second-order valence-electron chi connectivity index (χ2n) is 7.10. The van der Waals surface area contributed by atoms with E-state index in [2.05, 4.69) is 5.32 Å². The quantitative estimate of drug-likeness (QED) is 0.699. The third-order valence-corrected chi connectivity index (χ3v) is 7.41. The first-order valence-corrected chi connectivity index (χ1v) is 11.5. The molecule has 1 amide bonds. The van der Waals surface area contributed by atoms with Gasteiger partial charge in [0.2, 0.25) is 15.9 Å². The largest absolute Gasteiger partial charge is 0.496 e. The molecule has 1 fully saturated rings. The Morgan fingerprint density at radius 1 is 1.13 bits per heavy atom. The van der Waals surface area contributed by atoms with Gasteiger partial charge in [-0.3, -0.25) is 9.69 Å². The average molecular weight is 452 g/mol. The number of sulfonamides is 1. The van der Waals surface area contributed by atoms with E-state index < -0.39 is 10.0 Å². The van der Waals surface area contributed by atoms with E-state index in [0.29, 0.717) is 37.7 Å². The van der Waals surface area contributed by atoms with Gasteiger partial charge in [0.1, 0.15) is 5.75 Å². The highest BCUT2D eigenvalue weighted by Gasteiger charge is 2.31. The van der Waals surface area contributed by atoms with Gasteiger partial charge in [-0.1, -0.05) is 35.9 Å². The van der Waals surface area contributed by atoms with Crippen LogP contribution in [0.3, 0.4) is 0 Å². The van der Waals surface area contributed by atoms with Gasteiger partial charge in [-0.25, -0.2) is 8.42 Å². The fourth-order valence-corrected chi connectivity index (χ4v) is 5.18. The molecule has 0 bridgehead atoms. The maximum atomic E-state index is 12.8. The van der Waals surface area contributed by atoms with Gasteiger partial charge in [0, 0.05) is 43.3 Å². The summed E-state index contributed by atoms with van der Waals surface area (Å²) in [5.74, 6) is 0.623. The highest BCUT2D eigenvalue weighted by molar-refractivity contribution is 7.89. The second-order valence-corrected chi connectivity index (χ2v) is 9.48. The molecule has 0 aromatic heterocycles. The first kappa shape index (κ1) is 22.6. The number of benzene rings is 2. The van der Waals surface area contributed by atoms with Gasteiger partial charge in [-0.15, -0.1) is 0 Å². The van der Waals surface area contributed by atoms with Crippen LogP contribution >= 0.6 is 11.6 Å². The molecule has 1 aliphatic heterocycles. The summed E-state index contributed by atoms with van der Waals surface area (Å²) in [4.78, 5) is 14.8. The highest BCUT2D eigenvalue weighted by atomic mass is 35.5. The number of halogens is 1. The molecule has 3 rings (SSSR count). The van der Waals surface area contributed by atoms with E-state index in [4.69, 9.17) is 16.3 Å². The molecule has 1 aliphatic rings. The summed E-state index contributed by atoms with van der Waals surface area (Å²) >= 11 is 5.94. The number of ether oxygens (including phenoxy) is 1. The number of methoxy groups -OCH3 is 1. The standard InChI is InChI=1S/C21H26ClN3O4S/c1-16(21(26)23-15-17-6-3-4-9-20(17)29-2)24-10-12-25(13-11-24)30(27,28)19-8-5-7-18(22)14-19/h3-9,14,16H,10-13,15H2,1-2H3,(H,23,26). The van der Waals surface area contributed by atoms with E-state index in [9.17, 15) is 13.2 Å². The molecule has 0 aliphatic carbocycles. The van der Waals surface area contributed by atoms with Crippen molar-refractivity contribution in [3.8, 4) is 5.75 Å². The van der Waals surface area contributed by atoms with E-state index in [1.54, 1.807) is 25.3 Å². The fourth-order valence-electron chi connectivity index (χ4n) is 3.45. The minimum absolute atomic E-state index is 0.105. The van der Waals surface area contributed by atoms with E-state index >= 15 is 0 Å². The van der Waals surface area contributed by atoms with E-state index in [1.165, 1.54) is 10.4 Å². The minimum atomic E-state index is -3.60. The smallest absolute Gasteiger partial charge is 0.243 e. The molecular formula is C21H26ClN3O4S. The molecule has 2 aromatic rings. The van der Waals surface area contributed by atoms with Crippen LogP contribution in [0.1, 0.15) is 12.5 Å². The minimum Gasteiger partial charge on any atom is -0.496 e.